The molecule has 0 aliphatic carbocycles. The third-order valence-corrected chi connectivity index (χ3v) is 2.00. The average Bonchev–Trinajstić information content (AvgIpc) is 2.38. The maximum absolute atomic E-state index is 11.0. The van der Waals surface area contributed by atoms with Gasteiger partial charge in [-0.1, -0.05) is 10.7 Å². The SMILES string of the molecule is C=CC[S+]([O-])n1ccnn1. The first-order valence-electron chi connectivity index (χ1n) is 2.70. The molecule has 5 heteroatoms. The highest BCUT2D eigenvalue weighted by atomic mass is 32.2. The van der Waals surface area contributed by atoms with Gasteiger partial charge in [0.25, 0.3) is 0 Å². The Hall–Kier alpha value is -0.810. The molecule has 0 aromatic carbocycles. The van der Waals surface area contributed by atoms with Gasteiger partial charge >= 0.3 is 0 Å². The van der Waals surface area contributed by atoms with Crippen molar-refractivity contribution in [1.29, 1.82) is 0 Å². The van der Waals surface area contributed by atoms with Crippen LogP contribution >= 0.6 is 0 Å². The first-order chi connectivity index (χ1) is 4.84. The van der Waals surface area contributed by atoms with Gasteiger partial charge in [-0.3, -0.25) is 0 Å². The van der Waals surface area contributed by atoms with Crippen molar-refractivity contribution in [3.63, 3.8) is 0 Å². The molecule has 0 bridgehead atoms. The summed E-state index contributed by atoms with van der Waals surface area (Å²) >= 11 is -1.13. The smallest absolute Gasteiger partial charge is 0.151 e. The largest absolute Gasteiger partial charge is 0.591 e. The van der Waals surface area contributed by atoms with Crippen molar-refractivity contribution in [2.75, 3.05) is 5.75 Å². The second-order valence-corrected chi connectivity index (χ2v) is 2.93. The summed E-state index contributed by atoms with van der Waals surface area (Å²) in [6.07, 6.45) is 4.62. The molecule has 1 heterocycles. The molecule has 1 rings (SSSR count). The minimum atomic E-state index is -1.13. The van der Waals surface area contributed by atoms with E-state index in [1.54, 1.807) is 12.3 Å². The van der Waals surface area contributed by atoms with Gasteiger partial charge in [0.05, 0.1) is 23.8 Å². The highest BCUT2D eigenvalue weighted by molar-refractivity contribution is 7.89. The van der Waals surface area contributed by atoms with E-state index in [-0.39, 0.29) is 0 Å². The number of aromatic nitrogens is 3. The summed E-state index contributed by atoms with van der Waals surface area (Å²) in [5.74, 6) is 0.406. The molecule has 0 N–H and O–H groups in total. The van der Waals surface area contributed by atoms with Crippen LogP contribution in [0.1, 0.15) is 0 Å². The Labute approximate surface area is 61.9 Å². The third-order valence-electron chi connectivity index (χ3n) is 0.870. The molecule has 0 amide bonds. The Morgan fingerprint density at radius 2 is 2.60 bits per heavy atom. The molecule has 54 valence electrons. The van der Waals surface area contributed by atoms with Crippen LogP contribution in [0.2, 0.25) is 0 Å². The Kier molecular flexibility index (Phi) is 2.47. The minimum Gasteiger partial charge on any atom is -0.591 e. The Balaban J connectivity index is 2.58. The Morgan fingerprint density at radius 1 is 1.80 bits per heavy atom. The number of hydrogen-bond acceptors (Lipinski definition) is 3. The molecule has 4 nitrogen and oxygen atoms in total. The van der Waals surface area contributed by atoms with Gasteiger partial charge in [-0.25, -0.2) is 0 Å². The van der Waals surface area contributed by atoms with Crippen LogP contribution in [-0.2, 0) is 11.4 Å². The van der Waals surface area contributed by atoms with Crippen LogP contribution in [0, 0.1) is 0 Å². The molecule has 1 aromatic heterocycles. The van der Waals surface area contributed by atoms with E-state index < -0.39 is 11.4 Å². The summed E-state index contributed by atoms with van der Waals surface area (Å²) in [5.41, 5.74) is 0. The van der Waals surface area contributed by atoms with Gasteiger partial charge in [0.2, 0.25) is 0 Å². The van der Waals surface area contributed by atoms with E-state index in [1.807, 2.05) is 0 Å². The standard InChI is InChI=1S/C5H7N3OS/c1-2-5-10(9)8-4-3-6-7-8/h2-4H,1,5H2. The molecule has 10 heavy (non-hydrogen) atoms. The molecular weight excluding hydrogens is 150 g/mol. The predicted molar refractivity (Wildman–Crippen MR) is 38.6 cm³/mol. The molecule has 0 spiro atoms. The molecule has 1 unspecified atom stereocenters. The zero-order chi connectivity index (χ0) is 7.40. The zero-order valence-corrected chi connectivity index (χ0v) is 6.12. The topological polar surface area (TPSA) is 53.8 Å². The summed E-state index contributed by atoms with van der Waals surface area (Å²) in [6.45, 7) is 3.46. The first kappa shape index (κ1) is 7.30. The zero-order valence-electron chi connectivity index (χ0n) is 5.30. The molecule has 0 radical (unpaired) electrons. The lowest BCUT2D eigenvalue weighted by Gasteiger charge is -2.03. The van der Waals surface area contributed by atoms with Crippen LogP contribution in [0.4, 0.5) is 0 Å². The van der Waals surface area contributed by atoms with Crippen LogP contribution in [0.25, 0.3) is 0 Å². The van der Waals surface area contributed by atoms with Crippen LogP contribution in [0.5, 0.6) is 0 Å². The summed E-state index contributed by atoms with van der Waals surface area (Å²) in [4.78, 5) is 0. The van der Waals surface area contributed by atoms with Crippen molar-refractivity contribution >= 4 is 11.4 Å². The average molecular weight is 157 g/mol. The van der Waals surface area contributed by atoms with Gasteiger partial charge in [-0.05, 0) is 11.3 Å². The van der Waals surface area contributed by atoms with Crippen LogP contribution in [0.3, 0.4) is 0 Å². The molecule has 0 saturated carbocycles. The van der Waals surface area contributed by atoms with Crippen molar-refractivity contribution in [2.45, 2.75) is 0 Å². The van der Waals surface area contributed by atoms with Gasteiger partial charge in [0.15, 0.2) is 5.75 Å². The van der Waals surface area contributed by atoms with Crippen molar-refractivity contribution in [2.24, 2.45) is 0 Å². The first-order valence-corrected chi connectivity index (χ1v) is 3.98. The highest BCUT2D eigenvalue weighted by Crippen LogP contribution is 1.92. The van der Waals surface area contributed by atoms with Gasteiger partial charge in [-0.15, -0.1) is 5.10 Å². The van der Waals surface area contributed by atoms with E-state index in [4.69, 9.17) is 0 Å². The quantitative estimate of drug-likeness (QED) is 0.457. The lowest BCUT2D eigenvalue weighted by atomic mass is 10.8. The van der Waals surface area contributed by atoms with Crippen molar-refractivity contribution in [1.82, 2.24) is 14.4 Å². The van der Waals surface area contributed by atoms with Gasteiger partial charge in [0, 0.05) is 0 Å². The van der Waals surface area contributed by atoms with Crippen molar-refractivity contribution in [3.05, 3.63) is 25.0 Å². The molecule has 0 fully saturated rings. The molecule has 1 atom stereocenters. The monoisotopic (exact) mass is 157 g/mol. The fourth-order valence-electron chi connectivity index (χ4n) is 0.483. The van der Waals surface area contributed by atoms with Gasteiger partial charge < -0.3 is 4.55 Å². The van der Waals surface area contributed by atoms with E-state index >= 15 is 0 Å². The summed E-state index contributed by atoms with van der Waals surface area (Å²) < 4.78 is 12.3. The van der Waals surface area contributed by atoms with E-state index in [2.05, 4.69) is 16.9 Å². The van der Waals surface area contributed by atoms with Crippen molar-refractivity contribution < 1.29 is 4.55 Å². The molecule has 0 saturated heterocycles. The van der Waals surface area contributed by atoms with E-state index in [1.165, 1.54) is 10.3 Å². The van der Waals surface area contributed by atoms with Gasteiger partial charge in [-0.2, -0.15) is 0 Å². The fraction of sp³-hybridized carbons (Fsp3) is 0.200. The number of nitrogens with zero attached hydrogens (tertiary/aromatic N) is 3. The van der Waals surface area contributed by atoms with Crippen LogP contribution in [0.15, 0.2) is 25.0 Å². The Bertz CT molecular complexity index is 199. The molecule has 1 aromatic rings. The minimum absolute atomic E-state index is 0.406. The second-order valence-electron chi connectivity index (χ2n) is 1.58. The van der Waals surface area contributed by atoms with E-state index in [0.29, 0.717) is 5.75 Å². The molecule has 0 aliphatic heterocycles. The van der Waals surface area contributed by atoms with E-state index in [0.717, 1.165) is 0 Å². The maximum Gasteiger partial charge on any atom is 0.151 e. The highest BCUT2D eigenvalue weighted by Gasteiger charge is 2.05. The second kappa shape index (κ2) is 3.38. The normalized spacial score (nSPS) is 12.9. The number of rotatable bonds is 3. The lowest BCUT2D eigenvalue weighted by Crippen LogP contribution is -2.15. The van der Waals surface area contributed by atoms with Crippen molar-refractivity contribution in [3.8, 4) is 0 Å². The summed E-state index contributed by atoms with van der Waals surface area (Å²) in [7, 11) is 0. The molecule has 0 aliphatic rings. The Morgan fingerprint density at radius 3 is 3.10 bits per heavy atom. The summed E-state index contributed by atoms with van der Waals surface area (Å²) in [5, 5.41) is 7.06. The third kappa shape index (κ3) is 1.58. The van der Waals surface area contributed by atoms with Gasteiger partial charge in [0.1, 0.15) is 0 Å². The van der Waals surface area contributed by atoms with Crippen LogP contribution in [-0.4, -0.2) is 24.7 Å². The fourth-order valence-corrected chi connectivity index (χ4v) is 1.15. The number of hydrogen-bond donors (Lipinski definition) is 0. The summed E-state index contributed by atoms with van der Waals surface area (Å²) in [6, 6.07) is 0. The lowest BCUT2D eigenvalue weighted by molar-refractivity contribution is 0.579. The maximum atomic E-state index is 11.0. The molecular formula is C5H7N3OS. The van der Waals surface area contributed by atoms with E-state index in [9.17, 15) is 4.55 Å². The predicted octanol–water partition coefficient (Wildman–Crippen LogP) is -0.0241. The van der Waals surface area contributed by atoms with Crippen LogP contribution < -0.4 is 0 Å².